The first kappa shape index (κ1) is 24.5. The van der Waals surface area contributed by atoms with E-state index in [4.69, 9.17) is 0 Å². The van der Waals surface area contributed by atoms with Crippen molar-refractivity contribution in [2.75, 3.05) is 38.6 Å². The van der Waals surface area contributed by atoms with Crippen LogP contribution in [-0.4, -0.2) is 75.9 Å². The number of aromatic hydroxyl groups is 1. The molecule has 2 aromatic heterocycles. The van der Waals surface area contributed by atoms with Gasteiger partial charge >= 0.3 is 5.97 Å². The van der Waals surface area contributed by atoms with Crippen molar-refractivity contribution in [3.8, 4) is 5.75 Å². The molecule has 35 heavy (non-hydrogen) atoms. The van der Waals surface area contributed by atoms with Gasteiger partial charge in [-0.3, -0.25) is 9.59 Å². The van der Waals surface area contributed by atoms with Crippen LogP contribution in [0.15, 0.2) is 51.8 Å². The lowest BCUT2D eigenvalue weighted by atomic mass is 10.1. The molecule has 0 aliphatic carbocycles. The van der Waals surface area contributed by atoms with E-state index in [0.29, 0.717) is 42.7 Å². The van der Waals surface area contributed by atoms with E-state index in [2.05, 4.69) is 20.0 Å². The summed E-state index contributed by atoms with van der Waals surface area (Å²) in [6.07, 6.45) is 3.13. The number of aromatic nitrogens is 2. The minimum atomic E-state index is -0.456. The third kappa shape index (κ3) is 5.89. The Bertz CT molecular complexity index is 1240. The number of thiazole rings is 1. The summed E-state index contributed by atoms with van der Waals surface area (Å²) in [6.45, 7) is 3.32. The van der Waals surface area contributed by atoms with E-state index in [1.54, 1.807) is 40.3 Å². The number of ether oxygens (including phenoxy) is 1. The van der Waals surface area contributed by atoms with Crippen LogP contribution in [0.2, 0.25) is 0 Å². The van der Waals surface area contributed by atoms with Crippen LogP contribution in [0.3, 0.4) is 0 Å². The Morgan fingerprint density at radius 1 is 1.06 bits per heavy atom. The summed E-state index contributed by atoms with van der Waals surface area (Å²) in [4.78, 5) is 48.7. The average Bonchev–Trinajstić information content (AvgIpc) is 3.31. The topological polar surface area (TPSA) is 125 Å². The summed E-state index contributed by atoms with van der Waals surface area (Å²) in [7, 11) is 1.31. The molecule has 0 unspecified atom stereocenters. The van der Waals surface area contributed by atoms with Crippen molar-refractivity contribution in [1.29, 1.82) is 0 Å². The predicted molar refractivity (Wildman–Crippen MR) is 131 cm³/mol. The minimum Gasteiger partial charge on any atom is -0.507 e. The molecule has 0 spiro atoms. The SMILES string of the molecule is COC(=O)c1ccc(Nc2ncc(Sc3ccc(O)c(C(=O)N4CCN(C(C)=O)CC4)c3)s2)nc1. The normalized spacial score (nSPS) is 13.4. The van der Waals surface area contributed by atoms with Crippen molar-refractivity contribution in [2.45, 2.75) is 16.0 Å². The summed E-state index contributed by atoms with van der Waals surface area (Å²) >= 11 is 2.82. The Balaban J connectivity index is 1.40. The minimum absolute atomic E-state index is 0.00856. The van der Waals surface area contributed by atoms with Crippen LogP contribution in [0.4, 0.5) is 10.9 Å². The number of carbonyl (C=O) groups excluding carboxylic acids is 3. The van der Waals surface area contributed by atoms with Crippen LogP contribution in [-0.2, 0) is 9.53 Å². The van der Waals surface area contributed by atoms with Crippen molar-refractivity contribution >= 4 is 51.8 Å². The molecule has 12 heteroatoms. The highest BCUT2D eigenvalue weighted by atomic mass is 32.2. The predicted octanol–water partition coefficient (Wildman–Crippen LogP) is 3.23. The second kappa shape index (κ2) is 10.7. The number of hydrogen-bond donors (Lipinski definition) is 2. The highest BCUT2D eigenvalue weighted by molar-refractivity contribution is 8.01. The number of phenolic OH excluding ortho intramolecular Hbond substituents is 1. The average molecular weight is 514 g/mol. The van der Waals surface area contributed by atoms with Gasteiger partial charge in [-0.25, -0.2) is 14.8 Å². The zero-order valence-electron chi connectivity index (χ0n) is 19.1. The number of nitrogens with one attached hydrogen (secondary N) is 1. The summed E-state index contributed by atoms with van der Waals surface area (Å²) in [5, 5.41) is 14.0. The van der Waals surface area contributed by atoms with Gasteiger partial charge in [0.2, 0.25) is 5.91 Å². The third-order valence-corrected chi connectivity index (χ3v) is 7.34. The molecule has 182 valence electrons. The Morgan fingerprint density at radius 2 is 1.80 bits per heavy atom. The van der Waals surface area contributed by atoms with E-state index >= 15 is 0 Å². The molecule has 1 aromatic carbocycles. The number of anilines is 2. The Kier molecular flexibility index (Phi) is 7.51. The van der Waals surface area contributed by atoms with E-state index in [-0.39, 0.29) is 23.1 Å². The maximum atomic E-state index is 13.0. The molecule has 0 saturated carbocycles. The maximum absolute atomic E-state index is 13.0. The van der Waals surface area contributed by atoms with Crippen molar-refractivity contribution in [3.05, 3.63) is 53.9 Å². The molecule has 2 amide bonds. The van der Waals surface area contributed by atoms with Crippen LogP contribution in [0.25, 0.3) is 0 Å². The number of amides is 2. The van der Waals surface area contributed by atoms with E-state index in [1.807, 2.05) is 0 Å². The molecular weight excluding hydrogens is 490 g/mol. The highest BCUT2D eigenvalue weighted by Crippen LogP contribution is 2.36. The van der Waals surface area contributed by atoms with Gasteiger partial charge in [0.15, 0.2) is 5.13 Å². The molecule has 1 aliphatic rings. The number of hydrogen-bond acceptors (Lipinski definition) is 10. The van der Waals surface area contributed by atoms with Gasteiger partial charge < -0.3 is 25.0 Å². The van der Waals surface area contributed by atoms with Gasteiger partial charge in [-0.2, -0.15) is 0 Å². The quantitative estimate of drug-likeness (QED) is 0.478. The lowest BCUT2D eigenvalue weighted by molar-refractivity contribution is -0.130. The lowest BCUT2D eigenvalue weighted by Gasteiger charge is -2.34. The first-order valence-electron chi connectivity index (χ1n) is 10.7. The second-order valence-corrected chi connectivity index (χ2v) is 10.0. The number of nitrogens with zero attached hydrogens (tertiary/aromatic N) is 4. The van der Waals surface area contributed by atoms with E-state index < -0.39 is 5.97 Å². The molecule has 1 saturated heterocycles. The van der Waals surface area contributed by atoms with Gasteiger partial charge in [0.25, 0.3) is 5.91 Å². The smallest absolute Gasteiger partial charge is 0.339 e. The molecular formula is C23H23N5O5S2. The molecule has 0 radical (unpaired) electrons. The molecule has 4 rings (SSSR count). The lowest BCUT2D eigenvalue weighted by Crippen LogP contribution is -2.50. The van der Waals surface area contributed by atoms with Gasteiger partial charge in [0.1, 0.15) is 11.6 Å². The van der Waals surface area contributed by atoms with Crippen LogP contribution < -0.4 is 5.32 Å². The van der Waals surface area contributed by atoms with E-state index in [0.717, 1.165) is 9.10 Å². The van der Waals surface area contributed by atoms with Crippen LogP contribution in [0, 0.1) is 0 Å². The number of pyridine rings is 1. The Labute approximate surface area is 209 Å². The van der Waals surface area contributed by atoms with Gasteiger partial charge in [-0.1, -0.05) is 23.1 Å². The number of piperazine rings is 1. The fourth-order valence-corrected chi connectivity index (χ4v) is 5.34. The molecule has 1 fully saturated rings. The largest absolute Gasteiger partial charge is 0.507 e. The monoisotopic (exact) mass is 513 g/mol. The Hall–Kier alpha value is -3.64. The molecule has 2 N–H and O–H groups in total. The van der Waals surface area contributed by atoms with E-state index in [9.17, 15) is 19.5 Å². The van der Waals surface area contributed by atoms with Crippen molar-refractivity contribution in [1.82, 2.24) is 19.8 Å². The zero-order valence-corrected chi connectivity index (χ0v) is 20.7. The van der Waals surface area contributed by atoms with Crippen molar-refractivity contribution < 1.29 is 24.2 Å². The zero-order chi connectivity index (χ0) is 24.9. The number of benzene rings is 1. The van der Waals surface area contributed by atoms with Crippen LogP contribution in [0.5, 0.6) is 5.75 Å². The molecule has 3 aromatic rings. The van der Waals surface area contributed by atoms with Gasteiger partial charge in [-0.15, -0.1) is 0 Å². The van der Waals surface area contributed by atoms with E-state index in [1.165, 1.54) is 49.4 Å². The standard InChI is InChI=1S/C23H23N5O5S2/c1-14(29)27-7-9-28(10-8-27)21(31)17-11-16(4-5-18(17)30)34-20-13-25-23(35-20)26-19-6-3-15(12-24-19)22(32)33-2/h3-6,11-13,30H,7-10H2,1-2H3,(H,24,25,26). The number of rotatable bonds is 6. The molecule has 0 bridgehead atoms. The first-order chi connectivity index (χ1) is 16.8. The molecule has 3 heterocycles. The summed E-state index contributed by atoms with van der Waals surface area (Å²) in [6, 6.07) is 8.19. The number of esters is 1. The van der Waals surface area contributed by atoms with Crippen LogP contribution >= 0.6 is 23.1 Å². The summed E-state index contributed by atoms with van der Waals surface area (Å²) < 4.78 is 5.54. The number of methoxy groups -OCH3 is 1. The summed E-state index contributed by atoms with van der Waals surface area (Å²) in [5.41, 5.74) is 0.580. The number of carbonyl (C=O) groups is 3. The second-order valence-electron chi connectivity index (χ2n) is 7.61. The van der Waals surface area contributed by atoms with Crippen molar-refractivity contribution in [2.24, 2.45) is 0 Å². The Morgan fingerprint density at radius 3 is 2.46 bits per heavy atom. The highest BCUT2D eigenvalue weighted by Gasteiger charge is 2.25. The summed E-state index contributed by atoms with van der Waals surface area (Å²) in [5.74, 6) is -0.276. The van der Waals surface area contributed by atoms with Gasteiger partial charge in [-0.05, 0) is 30.3 Å². The van der Waals surface area contributed by atoms with Gasteiger partial charge in [0, 0.05) is 44.2 Å². The molecule has 1 aliphatic heterocycles. The van der Waals surface area contributed by atoms with Gasteiger partial charge in [0.05, 0.1) is 28.6 Å². The fourth-order valence-electron chi connectivity index (χ4n) is 3.44. The molecule has 0 atom stereocenters. The maximum Gasteiger partial charge on any atom is 0.339 e. The van der Waals surface area contributed by atoms with Crippen molar-refractivity contribution in [3.63, 3.8) is 0 Å². The third-order valence-electron chi connectivity index (χ3n) is 5.33. The first-order valence-corrected chi connectivity index (χ1v) is 12.3. The van der Waals surface area contributed by atoms with Crippen LogP contribution in [0.1, 0.15) is 27.6 Å². The number of phenols is 1. The fraction of sp³-hybridized carbons (Fsp3) is 0.261. The molecule has 10 nitrogen and oxygen atoms in total.